The molecule has 1 nitrogen and oxygen atoms in total. The van der Waals surface area contributed by atoms with Crippen molar-refractivity contribution in [3.05, 3.63) is 91.0 Å². The van der Waals surface area contributed by atoms with Crippen LogP contribution in [0.4, 0.5) is 0 Å². The average Bonchev–Trinajstić information content (AvgIpc) is 2.62. The molecular formula is C21H20BrOP. The first-order chi connectivity index (χ1) is 11.2. The molecule has 0 aliphatic heterocycles. The zero-order valence-corrected chi connectivity index (χ0v) is 16.1. The van der Waals surface area contributed by atoms with Crippen LogP contribution < -0.4 is 32.9 Å². The summed E-state index contributed by atoms with van der Waals surface area (Å²) >= 11 is 0. The van der Waals surface area contributed by atoms with Crippen LogP contribution in [0.3, 0.4) is 0 Å². The first-order valence-electron chi connectivity index (χ1n) is 7.78. The molecule has 0 unspecified atom stereocenters. The molecule has 3 heteroatoms. The molecule has 3 aromatic carbocycles. The van der Waals surface area contributed by atoms with Gasteiger partial charge in [0, 0.05) is 0 Å². The Kier molecular flexibility index (Phi) is 6.48. The maximum atomic E-state index is 12.2. The number of hydrogen-bond acceptors (Lipinski definition) is 1. The van der Waals surface area contributed by atoms with Crippen molar-refractivity contribution >= 4 is 29.0 Å². The Balaban J connectivity index is 0.00000208. The molecule has 0 saturated carbocycles. The molecule has 0 amide bonds. The van der Waals surface area contributed by atoms with Gasteiger partial charge in [-0.1, -0.05) is 54.6 Å². The molecule has 0 atom stereocenters. The Labute approximate surface area is 154 Å². The summed E-state index contributed by atoms with van der Waals surface area (Å²) in [5, 5.41) is 3.77. The molecule has 122 valence electrons. The fourth-order valence-electron chi connectivity index (χ4n) is 3.10. The van der Waals surface area contributed by atoms with Gasteiger partial charge in [0.2, 0.25) is 0 Å². The summed E-state index contributed by atoms with van der Waals surface area (Å²) in [6.07, 6.45) is 0.561. The molecule has 0 spiro atoms. The highest BCUT2D eigenvalue weighted by Gasteiger charge is 2.46. The summed E-state index contributed by atoms with van der Waals surface area (Å²) in [7, 11) is -1.96. The van der Waals surface area contributed by atoms with Gasteiger partial charge in [-0.3, -0.25) is 4.79 Å². The summed E-state index contributed by atoms with van der Waals surface area (Å²) in [5.74, 6) is 0.231. The molecule has 0 bridgehead atoms. The molecule has 0 N–H and O–H groups in total. The molecule has 24 heavy (non-hydrogen) atoms. The molecule has 3 aromatic rings. The van der Waals surface area contributed by atoms with Gasteiger partial charge in [0.05, 0.1) is 0 Å². The van der Waals surface area contributed by atoms with Gasteiger partial charge in [-0.15, -0.1) is 0 Å². The number of carbonyl (C=O) groups is 1. The number of hydrogen-bond donors (Lipinski definition) is 0. The smallest absolute Gasteiger partial charge is 0.168 e. The molecule has 0 fully saturated rings. The van der Waals surface area contributed by atoms with Crippen LogP contribution in [0, 0.1) is 0 Å². The average molecular weight is 399 g/mol. The quantitative estimate of drug-likeness (QED) is 0.574. The SMILES string of the molecule is CC(=O)C[P+](c1ccccc1)(c1ccccc1)c1ccccc1.[Br-]. The van der Waals surface area contributed by atoms with E-state index in [4.69, 9.17) is 0 Å². The molecule has 0 heterocycles. The summed E-state index contributed by atoms with van der Waals surface area (Å²) in [6, 6.07) is 31.5. The van der Waals surface area contributed by atoms with E-state index in [2.05, 4.69) is 72.8 Å². The number of halogens is 1. The predicted octanol–water partition coefficient (Wildman–Crippen LogP) is 0.573. The van der Waals surface area contributed by atoms with Crippen molar-refractivity contribution in [1.82, 2.24) is 0 Å². The zero-order chi connectivity index (χ0) is 16.1. The highest BCUT2D eigenvalue weighted by molar-refractivity contribution is 7.96. The molecule has 3 rings (SSSR count). The summed E-state index contributed by atoms with van der Waals surface area (Å²) in [6.45, 7) is 1.70. The van der Waals surface area contributed by atoms with Gasteiger partial charge in [-0.05, 0) is 43.3 Å². The van der Waals surface area contributed by atoms with Gasteiger partial charge in [0.1, 0.15) is 29.3 Å². The number of benzene rings is 3. The highest BCUT2D eigenvalue weighted by Crippen LogP contribution is 2.55. The van der Waals surface area contributed by atoms with Crippen LogP contribution in [0.5, 0.6) is 0 Å². The molecule has 0 aromatic heterocycles. The topological polar surface area (TPSA) is 17.1 Å². The second-order valence-corrected chi connectivity index (χ2v) is 9.16. The van der Waals surface area contributed by atoms with E-state index in [1.54, 1.807) is 6.92 Å². The largest absolute Gasteiger partial charge is 1.00 e. The number of ketones is 1. The van der Waals surface area contributed by atoms with Gasteiger partial charge < -0.3 is 17.0 Å². The van der Waals surface area contributed by atoms with E-state index < -0.39 is 7.26 Å². The fourth-order valence-corrected chi connectivity index (χ4v) is 7.26. The maximum Gasteiger partial charge on any atom is 0.168 e. The molecule has 0 saturated heterocycles. The third-order valence-corrected chi connectivity index (χ3v) is 8.51. The fraction of sp³-hybridized carbons (Fsp3) is 0.0952. The van der Waals surface area contributed by atoms with Crippen molar-refractivity contribution in [3.63, 3.8) is 0 Å². The predicted molar refractivity (Wildman–Crippen MR) is 101 cm³/mol. The summed E-state index contributed by atoms with van der Waals surface area (Å²) in [4.78, 5) is 12.2. The molecule has 0 aliphatic carbocycles. The van der Waals surface area contributed by atoms with Gasteiger partial charge in [0.15, 0.2) is 5.78 Å². The first-order valence-corrected chi connectivity index (χ1v) is 9.75. The van der Waals surface area contributed by atoms with E-state index in [-0.39, 0.29) is 22.8 Å². The van der Waals surface area contributed by atoms with Crippen molar-refractivity contribution in [3.8, 4) is 0 Å². The normalized spacial score (nSPS) is 10.7. The van der Waals surface area contributed by atoms with E-state index in [0.717, 1.165) is 0 Å². The minimum atomic E-state index is -1.96. The Hall–Kier alpha value is -1.76. The lowest BCUT2D eigenvalue weighted by atomic mass is 10.4. The lowest BCUT2D eigenvalue weighted by molar-refractivity contribution is -0.114. The van der Waals surface area contributed by atoms with Crippen LogP contribution in [0.2, 0.25) is 0 Å². The molecule has 0 aliphatic rings. The monoisotopic (exact) mass is 398 g/mol. The van der Waals surface area contributed by atoms with E-state index in [1.165, 1.54) is 15.9 Å². The number of carbonyl (C=O) groups excluding carboxylic acids is 1. The highest BCUT2D eigenvalue weighted by atomic mass is 79.9. The van der Waals surface area contributed by atoms with E-state index in [0.29, 0.717) is 6.16 Å². The van der Waals surface area contributed by atoms with Gasteiger partial charge >= 0.3 is 0 Å². The van der Waals surface area contributed by atoms with Gasteiger partial charge in [-0.2, -0.15) is 0 Å². The lowest BCUT2D eigenvalue weighted by Gasteiger charge is -2.26. The van der Waals surface area contributed by atoms with E-state index >= 15 is 0 Å². The van der Waals surface area contributed by atoms with Crippen LogP contribution in [0.1, 0.15) is 6.92 Å². The van der Waals surface area contributed by atoms with Crippen LogP contribution in [-0.4, -0.2) is 11.9 Å². The second kappa shape index (κ2) is 8.37. The Morgan fingerprint density at radius 1 is 0.667 bits per heavy atom. The van der Waals surface area contributed by atoms with Crippen molar-refractivity contribution < 1.29 is 21.8 Å². The van der Waals surface area contributed by atoms with Crippen molar-refractivity contribution in [1.29, 1.82) is 0 Å². The Bertz CT molecular complexity index is 676. The minimum Gasteiger partial charge on any atom is -1.00 e. The second-order valence-electron chi connectivity index (χ2n) is 5.68. The Morgan fingerprint density at radius 3 is 1.21 bits per heavy atom. The standard InChI is InChI=1S/C21H20OP.BrH/c1-18(22)17-23(19-11-5-2-6-12-19,20-13-7-3-8-14-20)21-15-9-4-10-16-21;/h2-16H,17H2,1H3;1H/q+1;/p-1. The third-order valence-electron chi connectivity index (χ3n) is 4.05. The van der Waals surface area contributed by atoms with Crippen LogP contribution in [0.25, 0.3) is 0 Å². The molecular weight excluding hydrogens is 379 g/mol. The maximum absolute atomic E-state index is 12.2. The van der Waals surface area contributed by atoms with Crippen LogP contribution >= 0.6 is 7.26 Å². The number of Topliss-reactive ketones (excluding diaryl/α,β-unsaturated/α-hetero) is 1. The summed E-state index contributed by atoms with van der Waals surface area (Å²) < 4.78 is 0. The van der Waals surface area contributed by atoms with Crippen LogP contribution in [0.15, 0.2) is 91.0 Å². The summed E-state index contributed by atoms with van der Waals surface area (Å²) in [5.41, 5.74) is 0. The van der Waals surface area contributed by atoms with E-state index in [1.807, 2.05) is 18.2 Å². The van der Waals surface area contributed by atoms with Crippen LogP contribution in [-0.2, 0) is 4.79 Å². The van der Waals surface area contributed by atoms with Crippen molar-refractivity contribution in [2.45, 2.75) is 6.92 Å². The third kappa shape index (κ3) is 3.66. The van der Waals surface area contributed by atoms with E-state index in [9.17, 15) is 4.79 Å². The lowest BCUT2D eigenvalue weighted by Crippen LogP contribution is -3.00. The van der Waals surface area contributed by atoms with Gasteiger partial charge in [0.25, 0.3) is 0 Å². The van der Waals surface area contributed by atoms with Crippen molar-refractivity contribution in [2.24, 2.45) is 0 Å². The Morgan fingerprint density at radius 2 is 0.958 bits per heavy atom. The number of rotatable bonds is 5. The first kappa shape index (κ1) is 18.6. The minimum absolute atomic E-state index is 0. The zero-order valence-electron chi connectivity index (χ0n) is 13.6. The molecule has 0 radical (unpaired) electrons. The van der Waals surface area contributed by atoms with Crippen molar-refractivity contribution in [2.75, 3.05) is 6.16 Å². The van der Waals surface area contributed by atoms with Gasteiger partial charge in [-0.25, -0.2) is 0 Å².